The van der Waals surface area contributed by atoms with Crippen LogP contribution < -0.4 is 0 Å². The van der Waals surface area contributed by atoms with E-state index in [1.807, 2.05) is 62.4 Å². The van der Waals surface area contributed by atoms with Crippen molar-refractivity contribution >= 4 is 5.69 Å². The normalized spacial score (nSPS) is 12.9. The van der Waals surface area contributed by atoms with Gasteiger partial charge >= 0.3 is 0 Å². The molecule has 0 aliphatic rings. The molecule has 0 bridgehead atoms. The summed E-state index contributed by atoms with van der Waals surface area (Å²) in [5, 5.41) is 8.20. The van der Waals surface area contributed by atoms with Crippen LogP contribution in [0.2, 0.25) is 0 Å². The summed E-state index contributed by atoms with van der Waals surface area (Å²) in [5.41, 5.74) is 1.74. The second-order valence-corrected chi connectivity index (χ2v) is 2.75. The molecule has 1 aromatic rings. The molecule has 0 spiro atoms. The third-order valence-corrected chi connectivity index (χ3v) is 1.67. The van der Waals surface area contributed by atoms with Gasteiger partial charge in [-0.3, -0.25) is 0 Å². The van der Waals surface area contributed by atoms with E-state index in [1.54, 1.807) is 0 Å². The topological polar surface area (TPSA) is 24.7 Å². The van der Waals surface area contributed by atoms with Gasteiger partial charge in [0.15, 0.2) is 0 Å². The Morgan fingerprint density at radius 2 is 1.86 bits per heavy atom. The highest BCUT2D eigenvalue weighted by Gasteiger charge is 1.86. The molecule has 0 saturated carbocycles. The fourth-order valence-corrected chi connectivity index (χ4v) is 0.968. The van der Waals surface area contributed by atoms with E-state index >= 15 is 0 Å². The van der Waals surface area contributed by atoms with Crippen LogP contribution in [0.3, 0.4) is 0 Å². The van der Waals surface area contributed by atoms with Crippen LogP contribution in [0, 0.1) is 0 Å². The highest BCUT2D eigenvalue weighted by atomic mass is 15.1. The lowest BCUT2D eigenvalue weighted by Crippen LogP contribution is -1.68. The average molecular weight is 186 g/mol. The smallest absolute Gasteiger partial charge is 0.0857 e. The molecule has 0 saturated heterocycles. The predicted molar refractivity (Wildman–Crippen MR) is 59.5 cm³/mol. The zero-order valence-corrected chi connectivity index (χ0v) is 8.51. The van der Waals surface area contributed by atoms with E-state index < -0.39 is 0 Å². The van der Waals surface area contributed by atoms with Gasteiger partial charge in [-0.2, -0.15) is 10.2 Å². The minimum atomic E-state index is 0.872. The predicted octanol–water partition coefficient (Wildman–Crippen LogP) is 4.25. The maximum Gasteiger partial charge on any atom is 0.0857 e. The fourth-order valence-electron chi connectivity index (χ4n) is 0.968. The summed E-state index contributed by atoms with van der Waals surface area (Å²) in [5.74, 6) is 0. The van der Waals surface area contributed by atoms with Gasteiger partial charge in [-0.05, 0) is 32.1 Å². The summed E-state index contributed by atoms with van der Waals surface area (Å²) in [7, 11) is 0. The molecule has 0 aromatic heterocycles. The van der Waals surface area contributed by atoms with Gasteiger partial charge in [-0.1, -0.05) is 30.4 Å². The molecule has 0 amide bonds. The molecule has 2 nitrogen and oxygen atoms in total. The van der Waals surface area contributed by atoms with Crippen molar-refractivity contribution in [1.82, 2.24) is 0 Å². The molecule has 0 aliphatic carbocycles. The minimum absolute atomic E-state index is 0.872. The molecule has 0 radical (unpaired) electrons. The van der Waals surface area contributed by atoms with E-state index in [0.717, 1.165) is 11.4 Å². The first-order valence-corrected chi connectivity index (χ1v) is 4.62. The molecule has 14 heavy (non-hydrogen) atoms. The summed E-state index contributed by atoms with van der Waals surface area (Å²) >= 11 is 0. The summed E-state index contributed by atoms with van der Waals surface area (Å²) < 4.78 is 0. The maximum atomic E-state index is 4.10. The van der Waals surface area contributed by atoms with Crippen LogP contribution in [0.1, 0.15) is 13.8 Å². The van der Waals surface area contributed by atoms with Crippen LogP contribution in [0.4, 0.5) is 5.69 Å². The van der Waals surface area contributed by atoms with Gasteiger partial charge < -0.3 is 0 Å². The molecular formula is C12H14N2. The summed E-state index contributed by atoms with van der Waals surface area (Å²) in [6.45, 7) is 3.90. The van der Waals surface area contributed by atoms with Crippen LogP contribution in [-0.4, -0.2) is 0 Å². The first-order valence-electron chi connectivity index (χ1n) is 4.62. The van der Waals surface area contributed by atoms with Gasteiger partial charge in [0.1, 0.15) is 0 Å². The molecule has 0 heterocycles. The molecule has 0 unspecified atom stereocenters. The number of hydrogen-bond donors (Lipinski definition) is 0. The molecule has 2 heteroatoms. The molecular weight excluding hydrogens is 172 g/mol. The largest absolute Gasteiger partial charge is 0.151 e. The maximum absolute atomic E-state index is 4.10. The summed E-state index contributed by atoms with van der Waals surface area (Å²) in [4.78, 5) is 0. The van der Waals surface area contributed by atoms with Crippen molar-refractivity contribution in [2.45, 2.75) is 13.8 Å². The highest BCUT2D eigenvalue weighted by Crippen LogP contribution is 2.12. The van der Waals surface area contributed by atoms with Crippen molar-refractivity contribution in [3.63, 3.8) is 0 Å². The van der Waals surface area contributed by atoms with Gasteiger partial charge in [0.05, 0.1) is 11.4 Å². The molecule has 0 aliphatic heterocycles. The molecule has 1 rings (SSSR count). The zero-order chi connectivity index (χ0) is 10.2. The Labute approximate surface area is 84.7 Å². The Balaban J connectivity index is 2.73. The average Bonchev–Trinajstić information content (AvgIpc) is 2.25. The number of allylic oxidation sites excluding steroid dienone is 3. The van der Waals surface area contributed by atoms with Crippen molar-refractivity contribution < 1.29 is 0 Å². The lowest BCUT2D eigenvalue weighted by atomic mass is 10.3. The summed E-state index contributed by atoms with van der Waals surface area (Å²) in [6, 6.07) is 9.69. The van der Waals surface area contributed by atoms with E-state index in [-0.39, 0.29) is 0 Å². The van der Waals surface area contributed by atoms with Crippen molar-refractivity contribution in [3.05, 3.63) is 54.3 Å². The van der Waals surface area contributed by atoms with E-state index in [2.05, 4.69) is 10.2 Å². The highest BCUT2D eigenvalue weighted by molar-refractivity contribution is 5.35. The Morgan fingerprint density at radius 3 is 2.43 bits per heavy atom. The van der Waals surface area contributed by atoms with Crippen molar-refractivity contribution in [1.29, 1.82) is 0 Å². The van der Waals surface area contributed by atoms with Crippen molar-refractivity contribution in [3.8, 4) is 0 Å². The summed E-state index contributed by atoms with van der Waals surface area (Å²) in [6.07, 6.45) is 5.79. The third-order valence-electron chi connectivity index (χ3n) is 1.67. The number of nitrogens with zero attached hydrogens (tertiary/aromatic N) is 2. The molecule has 0 N–H and O–H groups in total. The van der Waals surface area contributed by atoms with Gasteiger partial charge in [-0.25, -0.2) is 0 Å². The Hall–Kier alpha value is -1.70. The second kappa shape index (κ2) is 5.86. The van der Waals surface area contributed by atoms with Crippen LogP contribution in [-0.2, 0) is 0 Å². The molecule has 0 fully saturated rings. The second-order valence-electron chi connectivity index (χ2n) is 2.75. The van der Waals surface area contributed by atoms with E-state index in [9.17, 15) is 0 Å². The monoisotopic (exact) mass is 186 g/mol. The molecule has 0 atom stereocenters. The number of benzene rings is 1. The fraction of sp³-hybridized carbons (Fsp3) is 0.167. The SMILES string of the molecule is C\C=C/C(=C\C)/N=N\c1ccccc1. The Morgan fingerprint density at radius 1 is 1.14 bits per heavy atom. The quantitative estimate of drug-likeness (QED) is 0.498. The standard InChI is InChI=1S/C12H14N2/c1-3-8-11(4-2)13-14-12-9-6-5-7-10-12/h3-10H,1-2H3/b8-3-,11-4+,14-13-. The van der Waals surface area contributed by atoms with Gasteiger partial charge in [0.2, 0.25) is 0 Å². The zero-order valence-electron chi connectivity index (χ0n) is 8.51. The first-order chi connectivity index (χ1) is 6.86. The lowest BCUT2D eigenvalue weighted by molar-refractivity contribution is 1.16. The van der Waals surface area contributed by atoms with Crippen LogP contribution in [0.15, 0.2) is 64.5 Å². The van der Waals surface area contributed by atoms with Crippen molar-refractivity contribution in [2.24, 2.45) is 10.2 Å². The Kier molecular flexibility index (Phi) is 4.35. The number of azo groups is 1. The van der Waals surface area contributed by atoms with Gasteiger partial charge in [0.25, 0.3) is 0 Å². The number of rotatable bonds is 3. The third kappa shape index (κ3) is 3.35. The van der Waals surface area contributed by atoms with Crippen LogP contribution in [0.25, 0.3) is 0 Å². The van der Waals surface area contributed by atoms with Crippen molar-refractivity contribution in [2.75, 3.05) is 0 Å². The van der Waals surface area contributed by atoms with Crippen LogP contribution >= 0.6 is 0 Å². The Bertz CT molecular complexity index is 348. The molecule has 72 valence electrons. The lowest BCUT2D eigenvalue weighted by Gasteiger charge is -1.91. The minimum Gasteiger partial charge on any atom is -0.151 e. The van der Waals surface area contributed by atoms with E-state index in [0.29, 0.717) is 0 Å². The number of hydrogen-bond acceptors (Lipinski definition) is 2. The van der Waals surface area contributed by atoms with Gasteiger partial charge in [-0.15, -0.1) is 0 Å². The van der Waals surface area contributed by atoms with E-state index in [4.69, 9.17) is 0 Å². The molecule has 1 aromatic carbocycles. The first kappa shape index (κ1) is 10.4. The van der Waals surface area contributed by atoms with E-state index in [1.165, 1.54) is 0 Å². The van der Waals surface area contributed by atoms with Crippen LogP contribution in [0.5, 0.6) is 0 Å². The van der Waals surface area contributed by atoms with Gasteiger partial charge in [0, 0.05) is 0 Å².